The summed E-state index contributed by atoms with van der Waals surface area (Å²) in [6.45, 7) is 3.99. The molecule has 0 saturated carbocycles. The molecule has 0 fully saturated rings. The minimum atomic E-state index is -0.175. The van der Waals surface area contributed by atoms with Crippen molar-refractivity contribution in [2.75, 3.05) is 13.7 Å². The molecular formula is C16H21NO2. The summed E-state index contributed by atoms with van der Waals surface area (Å²) in [6, 6.07) is 7.47. The smallest absolute Gasteiger partial charge is 0.253 e. The van der Waals surface area contributed by atoms with Crippen LogP contribution in [0.2, 0.25) is 0 Å². The lowest BCUT2D eigenvalue weighted by atomic mass is 10.1. The maximum absolute atomic E-state index is 12.4. The number of amides is 1. The monoisotopic (exact) mass is 259 g/mol. The first kappa shape index (κ1) is 15.3. The molecule has 1 aromatic rings. The van der Waals surface area contributed by atoms with Gasteiger partial charge in [-0.1, -0.05) is 31.8 Å². The Labute approximate surface area is 115 Å². The fourth-order valence-corrected chi connectivity index (χ4v) is 2.08. The van der Waals surface area contributed by atoms with Crippen molar-refractivity contribution in [2.24, 2.45) is 0 Å². The molecule has 0 aliphatic rings. The van der Waals surface area contributed by atoms with Gasteiger partial charge in [-0.3, -0.25) is 4.79 Å². The molecule has 0 aliphatic heterocycles. The van der Waals surface area contributed by atoms with E-state index < -0.39 is 0 Å². The summed E-state index contributed by atoms with van der Waals surface area (Å²) in [4.78, 5) is 14.1. The summed E-state index contributed by atoms with van der Waals surface area (Å²) in [6.07, 6.45) is 1.89. The molecule has 3 nitrogen and oxygen atoms in total. The van der Waals surface area contributed by atoms with E-state index in [2.05, 4.69) is 25.7 Å². The minimum absolute atomic E-state index is 0.0151. The number of nitrogens with zero attached hydrogens (tertiary/aromatic N) is 1. The number of carbonyl (C=O) groups is 1. The van der Waals surface area contributed by atoms with Crippen molar-refractivity contribution in [3.05, 3.63) is 35.4 Å². The zero-order chi connectivity index (χ0) is 14.3. The topological polar surface area (TPSA) is 40.5 Å². The number of carbonyl (C=O) groups excluding carboxylic acids is 1. The lowest BCUT2D eigenvalue weighted by molar-refractivity contribution is 0.0723. The predicted molar refractivity (Wildman–Crippen MR) is 76.9 cm³/mol. The van der Waals surface area contributed by atoms with Crippen molar-refractivity contribution in [3.63, 3.8) is 0 Å². The van der Waals surface area contributed by atoms with Gasteiger partial charge in [-0.2, -0.15) is 0 Å². The summed E-state index contributed by atoms with van der Waals surface area (Å²) in [7, 11) is 1.84. The van der Waals surface area contributed by atoms with Crippen LogP contribution in [0.1, 0.15) is 42.6 Å². The van der Waals surface area contributed by atoms with E-state index in [0.717, 1.165) is 18.4 Å². The molecule has 0 aromatic heterocycles. The standard InChI is InChI=1S/C16H21NO2/c1-4-15(5-2)17(3)16(19)14-10-6-8-13(12-14)9-7-11-18/h6,8,10,12,15,18H,4-5,11H2,1-3H3. The molecule has 0 bridgehead atoms. The Balaban J connectivity index is 2.93. The van der Waals surface area contributed by atoms with Crippen LogP contribution in [-0.2, 0) is 0 Å². The maximum atomic E-state index is 12.4. The Morgan fingerprint density at radius 3 is 2.63 bits per heavy atom. The minimum Gasteiger partial charge on any atom is -0.384 e. The van der Waals surface area contributed by atoms with Crippen molar-refractivity contribution in [2.45, 2.75) is 32.7 Å². The van der Waals surface area contributed by atoms with Crippen molar-refractivity contribution in [3.8, 4) is 11.8 Å². The second-order valence-electron chi connectivity index (χ2n) is 4.43. The van der Waals surface area contributed by atoms with Gasteiger partial charge < -0.3 is 10.0 Å². The Bertz CT molecular complexity index is 481. The molecule has 0 atom stereocenters. The van der Waals surface area contributed by atoms with Gasteiger partial charge in [0.15, 0.2) is 0 Å². The molecule has 0 heterocycles. The highest BCUT2D eigenvalue weighted by Crippen LogP contribution is 2.12. The molecule has 1 amide bonds. The van der Waals surface area contributed by atoms with Gasteiger partial charge in [0.05, 0.1) is 0 Å². The van der Waals surface area contributed by atoms with Crippen LogP contribution in [-0.4, -0.2) is 35.6 Å². The first-order valence-electron chi connectivity index (χ1n) is 6.61. The van der Waals surface area contributed by atoms with E-state index in [-0.39, 0.29) is 18.6 Å². The molecule has 1 rings (SSSR count). The highest BCUT2D eigenvalue weighted by atomic mass is 16.2. The molecule has 1 aromatic carbocycles. The van der Waals surface area contributed by atoms with Crippen LogP contribution in [0.5, 0.6) is 0 Å². The van der Waals surface area contributed by atoms with E-state index in [1.54, 1.807) is 17.0 Å². The van der Waals surface area contributed by atoms with Crippen molar-refractivity contribution < 1.29 is 9.90 Å². The quantitative estimate of drug-likeness (QED) is 0.843. The fraction of sp³-hybridized carbons (Fsp3) is 0.438. The van der Waals surface area contributed by atoms with E-state index in [4.69, 9.17) is 5.11 Å². The van der Waals surface area contributed by atoms with Gasteiger partial charge in [-0.05, 0) is 31.0 Å². The molecule has 3 heteroatoms. The van der Waals surface area contributed by atoms with Crippen LogP contribution in [0.3, 0.4) is 0 Å². The van der Waals surface area contributed by atoms with Gasteiger partial charge in [0.2, 0.25) is 0 Å². The van der Waals surface area contributed by atoms with Crippen LogP contribution in [0, 0.1) is 11.8 Å². The summed E-state index contributed by atoms with van der Waals surface area (Å²) < 4.78 is 0. The average Bonchev–Trinajstić information content (AvgIpc) is 2.45. The van der Waals surface area contributed by atoms with Crippen LogP contribution in [0.25, 0.3) is 0 Å². The number of rotatable bonds is 4. The van der Waals surface area contributed by atoms with E-state index in [1.807, 2.05) is 19.2 Å². The SMILES string of the molecule is CCC(CC)N(C)C(=O)c1cccc(C#CCO)c1. The highest BCUT2D eigenvalue weighted by Gasteiger charge is 2.18. The van der Waals surface area contributed by atoms with Crippen molar-refractivity contribution >= 4 is 5.91 Å². The molecule has 19 heavy (non-hydrogen) atoms. The largest absolute Gasteiger partial charge is 0.384 e. The number of benzene rings is 1. The summed E-state index contributed by atoms with van der Waals surface area (Å²) in [5, 5.41) is 8.68. The molecule has 0 spiro atoms. The summed E-state index contributed by atoms with van der Waals surface area (Å²) in [5.74, 6) is 5.42. The van der Waals surface area contributed by atoms with Gasteiger partial charge in [-0.15, -0.1) is 0 Å². The molecule has 0 unspecified atom stereocenters. The third-order valence-electron chi connectivity index (χ3n) is 3.23. The second kappa shape index (κ2) is 7.60. The third kappa shape index (κ3) is 4.11. The van der Waals surface area contributed by atoms with E-state index in [9.17, 15) is 4.79 Å². The lowest BCUT2D eigenvalue weighted by Gasteiger charge is -2.26. The predicted octanol–water partition coefficient (Wildman–Crippen LogP) is 2.29. The maximum Gasteiger partial charge on any atom is 0.253 e. The highest BCUT2D eigenvalue weighted by molar-refractivity contribution is 5.94. The first-order chi connectivity index (χ1) is 9.13. The van der Waals surface area contributed by atoms with Gasteiger partial charge in [0.25, 0.3) is 5.91 Å². The molecule has 102 valence electrons. The molecule has 1 N–H and O–H groups in total. The summed E-state index contributed by atoms with van der Waals surface area (Å²) >= 11 is 0. The van der Waals surface area contributed by atoms with Crippen LogP contribution in [0.15, 0.2) is 24.3 Å². The Morgan fingerprint density at radius 1 is 1.37 bits per heavy atom. The number of aliphatic hydroxyl groups excluding tert-OH is 1. The molecular weight excluding hydrogens is 238 g/mol. The zero-order valence-electron chi connectivity index (χ0n) is 11.8. The van der Waals surface area contributed by atoms with E-state index in [1.165, 1.54) is 0 Å². The van der Waals surface area contributed by atoms with Crippen LogP contribution in [0.4, 0.5) is 0 Å². The Hall–Kier alpha value is -1.79. The van der Waals surface area contributed by atoms with E-state index in [0.29, 0.717) is 5.56 Å². The van der Waals surface area contributed by atoms with Gasteiger partial charge in [0, 0.05) is 24.2 Å². The number of hydrogen-bond donors (Lipinski definition) is 1. The number of aliphatic hydroxyl groups is 1. The number of hydrogen-bond acceptors (Lipinski definition) is 2. The molecule has 0 aliphatic carbocycles. The Kier molecular flexibility index (Phi) is 6.11. The first-order valence-corrected chi connectivity index (χ1v) is 6.61. The zero-order valence-corrected chi connectivity index (χ0v) is 11.8. The van der Waals surface area contributed by atoms with Gasteiger partial charge >= 0.3 is 0 Å². The normalized spacial score (nSPS) is 9.95. The van der Waals surface area contributed by atoms with Crippen molar-refractivity contribution in [1.82, 2.24) is 4.90 Å². The molecule has 0 radical (unpaired) electrons. The molecule has 0 saturated heterocycles. The Morgan fingerprint density at radius 2 is 2.05 bits per heavy atom. The van der Waals surface area contributed by atoms with Gasteiger partial charge in [0.1, 0.15) is 6.61 Å². The lowest BCUT2D eigenvalue weighted by Crippen LogP contribution is -2.36. The third-order valence-corrected chi connectivity index (χ3v) is 3.23. The fourth-order valence-electron chi connectivity index (χ4n) is 2.08. The van der Waals surface area contributed by atoms with Crippen LogP contribution >= 0.6 is 0 Å². The second-order valence-corrected chi connectivity index (χ2v) is 4.43. The van der Waals surface area contributed by atoms with Gasteiger partial charge in [-0.25, -0.2) is 0 Å². The average molecular weight is 259 g/mol. The van der Waals surface area contributed by atoms with Crippen molar-refractivity contribution in [1.29, 1.82) is 0 Å². The summed E-state index contributed by atoms with van der Waals surface area (Å²) in [5.41, 5.74) is 1.39. The van der Waals surface area contributed by atoms with Crippen LogP contribution < -0.4 is 0 Å². The van der Waals surface area contributed by atoms with E-state index >= 15 is 0 Å².